The van der Waals surface area contributed by atoms with Crippen molar-refractivity contribution in [2.75, 3.05) is 0 Å². The molecule has 14 nitrogen and oxygen atoms in total. The summed E-state index contributed by atoms with van der Waals surface area (Å²) >= 11 is 0. The Morgan fingerprint density at radius 2 is 0.519 bits per heavy atom. The molecule has 0 bridgehead atoms. The maximum absolute atomic E-state index is 6.48. The first-order chi connectivity index (χ1) is 51.5. The van der Waals surface area contributed by atoms with Crippen LogP contribution in [0.1, 0.15) is 0 Å². The Morgan fingerprint density at radius 3 is 0.913 bits per heavy atom. The number of hydrogen-bond donors (Lipinski definition) is 0. The maximum atomic E-state index is 6.48. The molecule has 104 heavy (non-hydrogen) atoms. The maximum Gasteiger partial charge on any atom is 0.227 e. The van der Waals surface area contributed by atoms with Crippen LogP contribution in [-0.2, 0) is 0 Å². The number of aromatic nitrogens is 12. The van der Waals surface area contributed by atoms with Gasteiger partial charge in [0.25, 0.3) is 0 Å². The fourth-order valence-electron chi connectivity index (χ4n) is 13.9. The highest BCUT2D eigenvalue weighted by molar-refractivity contribution is 6.20. The molecular formula is C90H56N12O2. The highest BCUT2D eigenvalue weighted by Gasteiger charge is 2.23. The topological polar surface area (TPSA) is 165 Å². The predicted molar refractivity (Wildman–Crippen MR) is 413 cm³/mol. The predicted octanol–water partition coefficient (Wildman–Crippen LogP) is 21.7. The second kappa shape index (κ2) is 26.0. The van der Waals surface area contributed by atoms with Gasteiger partial charge in [0, 0.05) is 116 Å². The first-order valence-electron chi connectivity index (χ1n) is 34.1. The molecule has 0 N–H and O–H groups in total. The number of hydrogen-bond acceptors (Lipinski definition) is 12. The summed E-state index contributed by atoms with van der Waals surface area (Å²) in [6, 6.07) is 99.2. The van der Waals surface area contributed by atoms with Crippen LogP contribution in [0.5, 0.6) is 0 Å². The van der Waals surface area contributed by atoms with Crippen LogP contribution >= 0.6 is 0 Å². The average Bonchev–Trinajstić information content (AvgIpc) is 1.57. The molecule has 10 aromatic carbocycles. The molecule has 0 atom stereocenters. The zero-order valence-electron chi connectivity index (χ0n) is 55.5. The third kappa shape index (κ3) is 11.2. The Morgan fingerprint density at radius 1 is 0.221 bits per heavy atom. The van der Waals surface area contributed by atoms with Gasteiger partial charge in [0.1, 0.15) is 11.0 Å². The van der Waals surface area contributed by atoms with Gasteiger partial charge in [-0.1, -0.05) is 133 Å². The summed E-state index contributed by atoms with van der Waals surface area (Å²) in [5.41, 5.74) is 25.1. The van der Waals surface area contributed by atoms with Crippen molar-refractivity contribution in [3.8, 4) is 124 Å². The number of oxazole rings is 2. The van der Waals surface area contributed by atoms with Gasteiger partial charge in [0.15, 0.2) is 22.8 Å². The van der Waals surface area contributed by atoms with Gasteiger partial charge in [-0.15, -0.1) is 0 Å². The average molecular weight is 1340 g/mol. The molecule has 488 valence electrons. The summed E-state index contributed by atoms with van der Waals surface area (Å²) in [4.78, 5) is 46.6. The minimum Gasteiger partial charge on any atom is -0.435 e. The number of pyridine rings is 4. The van der Waals surface area contributed by atoms with E-state index in [0.29, 0.717) is 23.4 Å². The molecule has 10 aromatic heterocycles. The van der Waals surface area contributed by atoms with E-state index in [2.05, 4.69) is 193 Å². The van der Waals surface area contributed by atoms with Gasteiger partial charge in [-0.25, -0.2) is 29.9 Å². The van der Waals surface area contributed by atoms with Crippen LogP contribution in [0.2, 0.25) is 0 Å². The van der Waals surface area contributed by atoms with Crippen LogP contribution in [0.15, 0.2) is 350 Å². The number of nitrogens with zero attached hydrogens (tertiary/aromatic N) is 12. The molecule has 0 saturated carbocycles. The first kappa shape index (κ1) is 60.7. The molecule has 20 rings (SSSR count). The van der Waals surface area contributed by atoms with E-state index in [4.69, 9.17) is 38.7 Å². The highest BCUT2D eigenvalue weighted by atomic mass is 16.4. The molecule has 0 spiro atoms. The van der Waals surface area contributed by atoms with Crippen LogP contribution in [-0.4, -0.2) is 59.0 Å². The van der Waals surface area contributed by atoms with E-state index < -0.39 is 0 Å². The molecule has 0 aliphatic heterocycles. The van der Waals surface area contributed by atoms with E-state index in [1.54, 1.807) is 24.8 Å². The Kier molecular flexibility index (Phi) is 15.2. The van der Waals surface area contributed by atoms with Crippen molar-refractivity contribution < 1.29 is 8.83 Å². The van der Waals surface area contributed by atoms with Crippen molar-refractivity contribution >= 4 is 65.8 Å². The number of rotatable bonds is 12. The summed E-state index contributed by atoms with van der Waals surface area (Å²) in [6.45, 7) is 0. The summed E-state index contributed by atoms with van der Waals surface area (Å²) in [6.07, 6.45) is 14.4. The van der Waals surface area contributed by atoms with Crippen molar-refractivity contribution in [1.29, 1.82) is 0 Å². The van der Waals surface area contributed by atoms with Gasteiger partial charge < -0.3 is 18.0 Å². The van der Waals surface area contributed by atoms with Crippen LogP contribution < -0.4 is 0 Å². The highest BCUT2D eigenvalue weighted by Crippen LogP contribution is 2.42. The van der Waals surface area contributed by atoms with Crippen molar-refractivity contribution in [2.45, 2.75) is 0 Å². The second-order valence-corrected chi connectivity index (χ2v) is 25.2. The lowest BCUT2D eigenvalue weighted by molar-refractivity contribution is 0.622. The van der Waals surface area contributed by atoms with Gasteiger partial charge in [0.05, 0.1) is 55.6 Å². The monoisotopic (exact) mass is 1340 g/mol. The Bertz CT molecular complexity index is 6130. The summed E-state index contributed by atoms with van der Waals surface area (Å²) in [5.74, 6) is 2.52. The Hall–Kier alpha value is -14.5. The third-order valence-electron chi connectivity index (χ3n) is 19.0. The van der Waals surface area contributed by atoms with Gasteiger partial charge >= 0.3 is 0 Å². The normalized spacial score (nSPS) is 11.5. The molecule has 14 heteroatoms. The summed E-state index contributed by atoms with van der Waals surface area (Å²) in [7, 11) is 0. The lowest BCUT2D eigenvalue weighted by Gasteiger charge is -2.12. The molecule has 0 saturated heterocycles. The molecule has 0 unspecified atom stereocenters. The number of benzene rings is 10. The molecule has 0 aliphatic rings. The summed E-state index contributed by atoms with van der Waals surface area (Å²) in [5, 5.41) is 4.31. The zero-order chi connectivity index (χ0) is 68.9. The van der Waals surface area contributed by atoms with Crippen molar-refractivity contribution in [3.05, 3.63) is 341 Å². The van der Waals surface area contributed by atoms with E-state index in [9.17, 15) is 0 Å². The van der Waals surface area contributed by atoms with E-state index in [0.717, 1.165) is 167 Å². The van der Waals surface area contributed by atoms with Gasteiger partial charge in [-0.05, 0) is 180 Å². The molecular weight excluding hydrogens is 1280 g/mol. The second-order valence-electron chi connectivity index (χ2n) is 25.2. The van der Waals surface area contributed by atoms with E-state index in [1.807, 2.05) is 152 Å². The molecule has 10 heterocycles. The largest absolute Gasteiger partial charge is 0.435 e. The van der Waals surface area contributed by atoms with Crippen molar-refractivity contribution in [2.24, 2.45) is 0 Å². The van der Waals surface area contributed by atoms with Crippen LogP contribution in [0, 0.1) is 0 Å². The fourth-order valence-corrected chi connectivity index (χ4v) is 13.9. The Balaban J connectivity index is 0.000000143. The fraction of sp³-hybridized carbons (Fsp3) is 0. The zero-order valence-corrected chi connectivity index (χ0v) is 55.5. The molecule has 0 aliphatic carbocycles. The van der Waals surface area contributed by atoms with Gasteiger partial charge in [0.2, 0.25) is 11.8 Å². The Labute approximate surface area is 595 Å². The number of para-hydroxylation sites is 2. The molecule has 0 fully saturated rings. The molecule has 0 radical (unpaired) electrons. The lowest BCUT2D eigenvalue weighted by atomic mass is 10.0. The lowest BCUT2D eigenvalue weighted by Crippen LogP contribution is -1.97. The van der Waals surface area contributed by atoms with E-state index in [-0.39, 0.29) is 0 Å². The van der Waals surface area contributed by atoms with Gasteiger partial charge in [-0.2, -0.15) is 0 Å². The first-order valence-corrected chi connectivity index (χ1v) is 34.1. The van der Waals surface area contributed by atoms with E-state index >= 15 is 0 Å². The standard InChI is InChI=1S/2C45H28N6O/c1-2-6-34(7-3-1)45-50-37-18-19-41-42(43(37)52-45)36-8-4-5-9-40(36)51(41)35-16-14-33(15-17-35)44-48-38(28-39(49-44)32-22-26-47-27-23-32)31-12-10-29(11-13-31)30-20-24-46-25-21-30;1-2-6-34(7-3-1)45-50-37-18-19-41-42(43(37)52-45)36-8-4-5-9-40(36)51(41)35-16-14-32(15-17-35)39-28-38(48-44(49-39)33-22-26-47-27-23-33)31-12-10-29(11-13-31)30-20-24-46-25-21-30/h2*1-28H. The van der Waals surface area contributed by atoms with E-state index in [1.165, 1.54) is 0 Å². The third-order valence-corrected chi connectivity index (χ3v) is 19.0. The van der Waals surface area contributed by atoms with Crippen LogP contribution in [0.25, 0.3) is 190 Å². The van der Waals surface area contributed by atoms with Crippen molar-refractivity contribution in [3.63, 3.8) is 0 Å². The minimum absolute atomic E-state index is 0.613. The van der Waals surface area contributed by atoms with Gasteiger partial charge in [-0.3, -0.25) is 19.9 Å². The van der Waals surface area contributed by atoms with Crippen molar-refractivity contribution in [1.82, 2.24) is 59.0 Å². The van der Waals surface area contributed by atoms with Crippen LogP contribution in [0.4, 0.5) is 0 Å². The summed E-state index contributed by atoms with van der Waals surface area (Å²) < 4.78 is 17.5. The molecule has 20 aromatic rings. The smallest absolute Gasteiger partial charge is 0.227 e. The molecule has 0 amide bonds. The quantitative estimate of drug-likeness (QED) is 0.114. The SMILES string of the molecule is c1ccc(-c2nc3ccc4c(c5ccccc5n4-c4ccc(-c5cc(-c6ccc(-c7ccncc7)cc6)nc(-c6ccncc6)n5)cc4)c3o2)cc1.c1ccc(-c2nc3ccc4c(c5ccccc5n4-c4ccc(-c5nc(-c6ccncc6)cc(-c6ccc(-c7ccncc7)cc6)n5)cc4)c3o2)cc1. The van der Waals surface area contributed by atoms with Crippen LogP contribution in [0.3, 0.4) is 0 Å². The number of fused-ring (bicyclic) bond motifs is 10. The minimum atomic E-state index is 0.613.